The molecule has 1 rings (SSSR count). The van der Waals surface area contributed by atoms with Crippen molar-refractivity contribution in [1.82, 2.24) is 9.78 Å². The fourth-order valence-electron chi connectivity index (χ4n) is 1.33. The van der Waals surface area contributed by atoms with Crippen LogP contribution < -0.4 is 5.73 Å². The van der Waals surface area contributed by atoms with E-state index >= 15 is 0 Å². The summed E-state index contributed by atoms with van der Waals surface area (Å²) >= 11 is 0. The largest absolute Gasteiger partial charge is 0.368 e. The van der Waals surface area contributed by atoms with Gasteiger partial charge in [0.2, 0.25) is 5.91 Å². The number of carbonyl (C=O) groups excluding carboxylic acids is 1. The standard InChI is InChI=1S/C7H10ClN3O3S/c1-4-7(15(8,13)14)5(2)11(10-4)3-6(9)12/h3H2,1-2H3,(H2,9,12). The zero-order chi connectivity index (χ0) is 11.8. The first-order chi connectivity index (χ1) is 6.73. The van der Waals surface area contributed by atoms with Crippen LogP contribution in [0, 0.1) is 13.8 Å². The van der Waals surface area contributed by atoms with Gasteiger partial charge in [-0.3, -0.25) is 9.48 Å². The highest BCUT2D eigenvalue weighted by atomic mass is 35.7. The number of primary amides is 1. The maximum atomic E-state index is 11.2. The van der Waals surface area contributed by atoms with Gasteiger partial charge in [0, 0.05) is 10.7 Å². The Morgan fingerprint density at radius 3 is 2.40 bits per heavy atom. The van der Waals surface area contributed by atoms with E-state index in [1.165, 1.54) is 18.5 Å². The van der Waals surface area contributed by atoms with Crippen molar-refractivity contribution in [3.63, 3.8) is 0 Å². The molecule has 0 saturated heterocycles. The van der Waals surface area contributed by atoms with E-state index in [9.17, 15) is 13.2 Å². The minimum atomic E-state index is -3.84. The summed E-state index contributed by atoms with van der Waals surface area (Å²) in [6.45, 7) is 2.84. The van der Waals surface area contributed by atoms with Crippen LogP contribution in [0.4, 0.5) is 0 Å². The second-order valence-electron chi connectivity index (χ2n) is 3.06. The first-order valence-electron chi connectivity index (χ1n) is 4.00. The Kier molecular flexibility index (Phi) is 3.05. The highest BCUT2D eigenvalue weighted by Crippen LogP contribution is 2.22. The van der Waals surface area contributed by atoms with Gasteiger partial charge in [-0.05, 0) is 13.8 Å². The molecule has 15 heavy (non-hydrogen) atoms. The Morgan fingerprint density at radius 2 is 2.07 bits per heavy atom. The summed E-state index contributed by atoms with van der Waals surface area (Å²) in [6.07, 6.45) is 0. The molecular formula is C7H10ClN3O3S. The summed E-state index contributed by atoms with van der Waals surface area (Å²) in [5.41, 5.74) is 5.54. The number of carbonyl (C=O) groups is 1. The molecule has 1 aromatic heterocycles. The topological polar surface area (TPSA) is 95.1 Å². The second-order valence-corrected chi connectivity index (χ2v) is 5.56. The summed E-state index contributed by atoms with van der Waals surface area (Å²) in [6, 6.07) is 0. The van der Waals surface area contributed by atoms with Crippen molar-refractivity contribution in [2.24, 2.45) is 5.73 Å². The molecule has 0 saturated carbocycles. The fourth-order valence-corrected chi connectivity index (χ4v) is 2.86. The fraction of sp³-hybridized carbons (Fsp3) is 0.429. The second kappa shape index (κ2) is 3.82. The molecule has 1 amide bonds. The van der Waals surface area contributed by atoms with Gasteiger partial charge in [0.15, 0.2) is 0 Å². The van der Waals surface area contributed by atoms with Crippen molar-refractivity contribution in [2.75, 3.05) is 0 Å². The third-order valence-electron chi connectivity index (χ3n) is 1.86. The molecule has 0 aliphatic rings. The molecule has 8 heteroatoms. The molecule has 0 unspecified atom stereocenters. The molecule has 1 aromatic rings. The molecule has 2 N–H and O–H groups in total. The summed E-state index contributed by atoms with van der Waals surface area (Å²) in [4.78, 5) is 10.6. The average molecular weight is 252 g/mol. The molecular weight excluding hydrogens is 242 g/mol. The van der Waals surface area contributed by atoms with Gasteiger partial charge in [-0.1, -0.05) is 0 Å². The molecule has 1 heterocycles. The van der Waals surface area contributed by atoms with E-state index in [2.05, 4.69) is 5.10 Å². The van der Waals surface area contributed by atoms with Crippen molar-refractivity contribution in [3.8, 4) is 0 Å². The number of nitrogens with two attached hydrogens (primary N) is 1. The Morgan fingerprint density at radius 1 is 1.53 bits per heavy atom. The number of halogens is 1. The zero-order valence-electron chi connectivity index (χ0n) is 8.19. The normalized spacial score (nSPS) is 11.7. The maximum Gasteiger partial charge on any atom is 0.264 e. The SMILES string of the molecule is Cc1nn(CC(N)=O)c(C)c1S(=O)(=O)Cl. The van der Waals surface area contributed by atoms with E-state index < -0.39 is 15.0 Å². The van der Waals surface area contributed by atoms with Crippen molar-refractivity contribution < 1.29 is 13.2 Å². The predicted octanol–water partition coefficient (Wildman–Crippen LogP) is -0.0873. The molecule has 0 aromatic carbocycles. The van der Waals surface area contributed by atoms with Gasteiger partial charge in [0.25, 0.3) is 9.05 Å². The lowest BCUT2D eigenvalue weighted by Crippen LogP contribution is -2.20. The van der Waals surface area contributed by atoms with Crippen molar-refractivity contribution in [2.45, 2.75) is 25.3 Å². The lowest BCUT2D eigenvalue weighted by Gasteiger charge is -2.00. The van der Waals surface area contributed by atoms with Crippen LogP contribution in [0.2, 0.25) is 0 Å². The van der Waals surface area contributed by atoms with Gasteiger partial charge in [0.1, 0.15) is 11.4 Å². The first kappa shape index (κ1) is 12.0. The molecule has 0 spiro atoms. The van der Waals surface area contributed by atoms with Crippen LogP contribution in [-0.4, -0.2) is 24.1 Å². The summed E-state index contributed by atoms with van der Waals surface area (Å²) in [5.74, 6) is -0.598. The molecule has 84 valence electrons. The van der Waals surface area contributed by atoms with Gasteiger partial charge < -0.3 is 5.73 Å². The van der Waals surface area contributed by atoms with Crippen molar-refractivity contribution >= 4 is 25.6 Å². The van der Waals surface area contributed by atoms with E-state index in [1.807, 2.05) is 0 Å². The number of nitrogens with zero attached hydrogens (tertiary/aromatic N) is 2. The molecule has 0 bridgehead atoms. The Hall–Kier alpha value is -1.08. The number of amides is 1. The number of aryl methyl sites for hydroxylation is 1. The molecule has 0 aliphatic heterocycles. The van der Waals surface area contributed by atoms with Crippen LogP contribution >= 0.6 is 10.7 Å². The van der Waals surface area contributed by atoms with Gasteiger partial charge in [-0.25, -0.2) is 8.42 Å². The van der Waals surface area contributed by atoms with Crippen LogP contribution in [0.25, 0.3) is 0 Å². The molecule has 6 nitrogen and oxygen atoms in total. The average Bonchev–Trinajstić information content (AvgIpc) is 2.23. The third-order valence-corrected chi connectivity index (χ3v) is 3.41. The predicted molar refractivity (Wildman–Crippen MR) is 53.9 cm³/mol. The Bertz CT molecular complexity index is 506. The van der Waals surface area contributed by atoms with Crippen LogP contribution in [0.15, 0.2) is 4.90 Å². The van der Waals surface area contributed by atoms with Gasteiger partial charge in [0.05, 0.1) is 11.4 Å². The van der Waals surface area contributed by atoms with E-state index in [4.69, 9.17) is 16.4 Å². The first-order valence-corrected chi connectivity index (χ1v) is 6.31. The smallest absolute Gasteiger partial charge is 0.264 e. The van der Waals surface area contributed by atoms with Gasteiger partial charge in [-0.2, -0.15) is 5.10 Å². The number of hydrogen-bond donors (Lipinski definition) is 1. The summed E-state index contributed by atoms with van der Waals surface area (Å²) in [5, 5.41) is 3.87. The number of hydrogen-bond acceptors (Lipinski definition) is 4. The van der Waals surface area contributed by atoms with Crippen molar-refractivity contribution in [1.29, 1.82) is 0 Å². The molecule has 0 fully saturated rings. The monoisotopic (exact) mass is 251 g/mol. The molecule has 0 aliphatic carbocycles. The summed E-state index contributed by atoms with van der Waals surface area (Å²) < 4.78 is 23.6. The van der Waals surface area contributed by atoms with Crippen LogP contribution in [0.1, 0.15) is 11.4 Å². The van der Waals surface area contributed by atoms with Crippen molar-refractivity contribution in [3.05, 3.63) is 11.4 Å². The van der Waals surface area contributed by atoms with E-state index in [-0.39, 0.29) is 17.1 Å². The minimum absolute atomic E-state index is 0.0644. The highest BCUT2D eigenvalue weighted by Gasteiger charge is 2.22. The quantitative estimate of drug-likeness (QED) is 0.760. The van der Waals surface area contributed by atoms with Crippen LogP contribution in [0.3, 0.4) is 0 Å². The number of rotatable bonds is 3. The van der Waals surface area contributed by atoms with E-state index in [0.717, 1.165) is 0 Å². The Balaban J connectivity index is 3.33. The lowest BCUT2D eigenvalue weighted by atomic mass is 10.4. The number of aromatic nitrogens is 2. The van der Waals surface area contributed by atoms with Gasteiger partial charge >= 0.3 is 0 Å². The molecule has 0 radical (unpaired) electrons. The maximum absolute atomic E-state index is 11.2. The van der Waals surface area contributed by atoms with Crippen LogP contribution in [-0.2, 0) is 20.4 Å². The zero-order valence-corrected chi connectivity index (χ0v) is 9.76. The van der Waals surface area contributed by atoms with E-state index in [0.29, 0.717) is 5.69 Å². The minimum Gasteiger partial charge on any atom is -0.368 e. The molecule has 0 atom stereocenters. The third kappa shape index (κ3) is 2.48. The lowest BCUT2D eigenvalue weighted by molar-refractivity contribution is -0.118. The van der Waals surface area contributed by atoms with Crippen LogP contribution in [0.5, 0.6) is 0 Å². The van der Waals surface area contributed by atoms with E-state index in [1.54, 1.807) is 0 Å². The highest BCUT2D eigenvalue weighted by molar-refractivity contribution is 8.13. The Labute approximate surface area is 91.4 Å². The van der Waals surface area contributed by atoms with Gasteiger partial charge in [-0.15, -0.1) is 0 Å². The summed E-state index contributed by atoms with van der Waals surface area (Å²) in [7, 11) is 1.38.